The Kier molecular flexibility index (Phi) is 4.47. The van der Waals surface area contributed by atoms with E-state index in [-0.39, 0.29) is 11.3 Å². The van der Waals surface area contributed by atoms with Crippen LogP contribution < -0.4 is 16.4 Å². The molecule has 0 spiro atoms. The first-order chi connectivity index (χ1) is 10.5. The van der Waals surface area contributed by atoms with Gasteiger partial charge in [-0.15, -0.1) is 0 Å². The van der Waals surface area contributed by atoms with Gasteiger partial charge >= 0.3 is 11.8 Å². The van der Waals surface area contributed by atoms with Crippen molar-refractivity contribution in [1.82, 2.24) is 4.98 Å². The second kappa shape index (κ2) is 6.49. The number of nitrogens with zero attached hydrogens (tertiary/aromatic N) is 1. The fourth-order valence-electron chi connectivity index (χ4n) is 1.77. The molecule has 2 rings (SSSR count). The topological polar surface area (TPSA) is 114 Å². The van der Waals surface area contributed by atoms with Crippen LogP contribution in [0.3, 0.4) is 0 Å². The predicted octanol–water partition coefficient (Wildman–Crippen LogP) is 1.07. The molecule has 0 aliphatic heterocycles. The van der Waals surface area contributed by atoms with Crippen molar-refractivity contribution < 1.29 is 14.4 Å². The first-order valence-electron chi connectivity index (χ1n) is 6.42. The minimum atomic E-state index is -0.918. The summed E-state index contributed by atoms with van der Waals surface area (Å²) in [7, 11) is 0. The summed E-state index contributed by atoms with van der Waals surface area (Å²) < 4.78 is 0. The Bertz CT molecular complexity index is 743. The molecule has 0 atom stereocenters. The Hall–Kier alpha value is -3.22. The summed E-state index contributed by atoms with van der Waals surface area (Å²) >= 11 is 0. The number of rotatable bonds is 3. The number of anilines is 2. The van der Waals surface area contributed by atoms with E-state index < -0.39 is 17.7 Å². The van der Waals surface area contributed by atoms with Gasteiger partial charge in [-0.05, 0) is 30.7 Å². The summed E-state index contributed by atoms with van der Waals surface area (Å²) in [6, 6.07) is 9.63. The smallest absolute Gasteiger partial charge is 0.315 e. The van der Waals surface area contributed by atoms with E-state index in [0.717, 1.165) is 5.56 Å². The lowest BCUT2D eigenvalue weighted by Crippen LogP contribution is -2.30. The number of aryl methyl sites for hydroxylation is 1. The molecule has 2 aromatic rings. The lowest BCUT2D eigenvalue weighted by molar-refractivity contribution is -0.133. The molecular formula is C15H14N4O3. The Morgan fingerprint density at radius 1 is 1.00 bits per heavy atom. The fourth-order valence-corrected chi connectivity index (χ4v) is 1.77. The van der Waals surface area contributed by atoms with Gasteiger partial charge in [-0.2, -0.15) is 0 Å². The number of primary amides is 1. The number of nitrogens with one attached hydrogen (secondary N) is 2. The van der Waals surface area contributed by atoms with E-state index in [0.29, 0.717) is 5.82 Å². The highest BCUT2D eigenvalue weighted by molar-refractivity contribution is 6.43. The van der Waals surface area contributed by atoms with Crippen molar-refractivity contribution in [2.45, 2.75) is 6.92 Å². The number of carbonyl (C=O) groups is 3. The predicted molar refractivity (Wildman–Crippen MR) is 81.2 cm³/mol. The van der Waals surface area contributed by atoms with E-state index in [1.807, 2.05) is 0 Å². The molecule has 0 saturated heterocycles. The van der Waals surface area contributed by atoms with Gasteiger partial charge in [0.25, 0.3) is 5.91 Å². The van der Waals surface area contributed by atoms with Gasteiger partial charge in [0.1, 0.15) is 5.82 Å². The van der Waals surface area contributed by atoms with Gasteiger partial charge in [0.15, 0.2) is 0 Å². The number of para-hydroxylation sites is 1. The number of hydrogen-bond donors (Lipinski definition) is 3. The van der Waals surface area contributed by atoms with Crippen LogP contribution in [0, 0.1) is 6.92 Å². The quantitative estimate of drug-likeness (QED) is 0.735. The molecule has 7 nitrogen and oxygen atoms in total. The minimum Gasteiger partial charge on any atom is -0.366 e. The van der Waals surface area contributed by atoms with Crippen molar-refractivity contribution in [1.29, 1.82) is 0 Å². The summed E-state index contributed by atoms with van der Waals surface area (Å²) in [4.78, 5) is 39.0. The van der Waals surface area contributed by atoms with Gasteiger partial charge < -0.3 is 16.4 Å². The molecule has 3 amide bonds. The second-order valence-corrected chi connectivity index (χ2v) is 4.49. The first-order valence-corrected chi connectivity index (χ1v) is 6.42. The van der Waals surface area contributed by atoms with E-state index in [1.165, 1.54) is 18.3 Å². The van der Waals surface area contributed by atoms with Crippen molar-refractivity contribution in [3.8, 4) is 0 Å². The Balaban J connectivity index is 2.11. The lowest BCUT2D eigenvalue weighted by atomic mass is 10.1. The minimum absolute atomic E-state index is 0.123. The molecule has 0 unspecified atom stereocenters. The van der Waals surface area contributed by atoms with Gasteiger partial charge in [-0.3, -0.25) is 14.4 Å². The molecule has 0 aliphatic rings. The molecule has 0 bridgehead atoms. The second-order valence-electron chi connectivity index (χ2n) is 4.49. The van der Waals surface area contributed by atoms with Crippen LogP contribution in [0.2, 0.25) is 0 Å². The van der Waals surface area contributed by atoms with E-state index in [1.54, 1.807) is 31.2 Å². The van der Waals surface area contributed by atoms with Crippen LogP contribution in [-0.2, 0) is 9.59 Å². The number of nitrogens with two attached hydrogens (primary N) is 1. The molecule has 0 fully saturated rings. The van der Waals surface area contributed by atoms with E-state index in [4.69, 9.17) is 5.73 Å². The molecule has 4 N–H and O–H groups in total. The number of benzene rings is 1. The Morgan fingerprint density at radius 3 is 2.36 bits per heavy atom. The lowest BCUT2D eigenvalue weighted by Gasteiger charge is -2.09. The van der Waals surface area contributed by atoms with Crippen LogP contribution in [-0.4, -0.2) is 22.7 Å². The van der Waals surface area contributed by atoms with E-state index in [9.17, 15) is 14.4 Å². The molecule has 1 aromatic heterocycles. The van der Waals surface area contributed by atoms with Gasteiger partial charge in [-0.25, -0.2) is 4.98 Å². The zero-order valence-electron chi connectivity index (χ0n) is 11.8. The van der Waals surface area contributed by atoms with Crippen molar-refractivity contribution >= 4 is 29.2 Å². The zero-order valence-corrected chi connectivity index (χ0v) is 11.8. The molecule has 0 saturated carbocycles. The Labute approximate surface area is 126 Å². The first kappa shape index (κ1) is 15.2. The molecule has 0 aliphatic carbocycles. The number of hydrogen-bond acceptors (Lipinski definition) is 4. The fraction of sp³-hybridized carbons (Fsp3) is 0.0667. The molecule has 7 heteroatoms. The average molecular weight is 298 g/mol. The van der Waals surface area contributed by atoms with Gasteiger partial charge in [0.2, 0.25) is 0 Å². The highest BCUT2D eigenvalue weighted by Crippen LogP contribution is 2.14. The molecule has 0 radical (unpaired) electrons. The van der Waals surface area contributed by atoms with Crippen LogP contribution >= 0.6 is 0 Å². The van der Waals surface area contributed by atoms with Crippen molar-refractivity contribution in [3.63, 3.8) is 0 Å². The average Bonchev–Trinajstić information content (AvgIpc) is 2.49. The van der Waals surface area contributed by atoms with E-state index in [2.05, 4.69) is 15.6 Å². The maximum Gasteiger partial charge on any atom is 0.315 e. The molecule has 22 heavy (non-hydrogen) atoms. The van der Waals surface area contributed by atoms with Crippen molar-refractivity contribution in [3.05, 3.63) is 53.7 Å². The summed E-state index contributed by atoms with van der Waals surface area (Å²) in [6.45, 7) is 1.75. The summed E-state index contributed by atoms with van der Waals surface area (Å²) in [5.74, 6) is -2.21. The van der Waals surface area contributed by atoms with Crippen molar-refractivity contribution in [2.24, 2.45) is 5.73 Å². The zero-order chi connectivity index (χ0) is 16.1. The molecule has 112 valence electrons. The third-order valence-electron chi connectivity index (χ3n) is 2.89. The van der Waals surface area contributed by atoms with Crippen LogP contribution in [0.4, 0.5) is 11.5 Å². The van der Waals surface area contributed by atoms with Crippen LogP contribution in [0.5, 0.6) is 0 Å². The third-order valence-corrected chi connectivity index (χ3v) is 2.89. The molecule has 1 aromatic carbocycles. The maximum absolute atomic E-state index is 11.9. The summed E-state index contributed by atoms with van der Waals surface area (Å²) in [5.41, 5.74) is 6.23. The standard InChI is InChI=1S/C15H14N4O3/c1-9-5-4-8-17-13(9)19-15(22)14(21)18-11-7-3-2-6-10(11)12(16)20/h2-8H,1H3,(H2,16,20)(H,18,21)(H,17,19,22). The van der Waals surface area contributed by atoms with Crippen LogP contribution in [0.1, 0.15) is 15.9 Å². The largest absolute Gasteiger partial charge is 0.366 e. The number of amides is 3. The van der Waals surface area contributed by atoms with Crippen LogP contribution in [0.15, 0.2) is 42.6 Å². The van der Waals surface area contributed by atoms with E-state index >= 15 is 0 Å². The summed E-state index contributed by atoms with van der Waals surface area (Å²) in [6.07, 6.45) is 1.50. The van der Waals surface area contributed by atoms with Crippen LogP contribution in [0.25, 0.3) is 0 Å². The molecule has 1 heterocycles. The number of carbonyl (C=O) groups excluding carboxylic acids is 3. The highest BCUT2D eigenvalue weighted by atomic mass is 16.2. The normalized spacial score (nSPS) is 9.86. The maximum atomic E-state index is 11.9. The summed E-state index contributed by atoms with van der Waals surface area (Å²) in [5, 5.41) is 4.75. The number of pyridine rings is 1. The SMILES string of the molecule is Cc1cccnc1NC(=O)C(=O)Nc1ccccc1C(N)=O. The number of aromatic nitrogens is 1. The van der Waals surface area contributed by atoms with Crippen molar-refractivity contribution in [2.75, 3.05) is 10.6 Å². The van der Waals surface area contributed by atoms with Gasteiger partial charge in [0.05, 0.1) is 11.3 Å². The van der Waals surface area contributed by atoms with Gasteiger partial charge in [-0.1, -0.05) is 18.2 Å². The highest BCUT2D eigenvalue weighted by Gasteiger charge is 2.17. The molecular weight excluding hydrogens is 284 g/mol. The Morgan fingerprint density at radius 2 is 1.68 bits per heavy atom. The van der Waals surface area contributed by atoms with Gasteiger partial charge in [0, 0.05) is 6.20 Å². The third kappa shape index (κ3) is 3.45. The monoisotopic (exact) mass is 298 g/mol.